The summed E-state index contributed by atoms with van der Waals surface area (Å²) in [5.74, 6) is -5.12. The molecule has 0 aromatic heterocycles. The highest BCUT2D eigenvalue weighted by molar-refractivity contribution is 5.44. The van der Waals surface area contributed by atoms with Crippen molar-refractivity contribution in [2.75, 3.05) is 0 Å². The number of nitrogens with zero attached hydrogens (tertiary/aromatic N) is 4. The van der Waals surface area contributed by atoms with Gasteiger partial charge < -0.3 is 0 Å². The van der Waals surface area contributed by atoms with Crippen LogP contribution in [0.4, 0.5) is 22.0 Å². The summed E-state index contributed by atoms with van der Waals surface area (Å²) in [6.07, 6.45) is -8.43. The number of fused-ring (bicyclic) bond motifs is 1. The molecule has 1 heterocycles. The molecule has 0 amide bonds. The first-order chi connectivity index (χ1) is 9.20. The molecule has 0 saturated carbocycles. The van der Waals surface area contributed by atoms with E-state index in [9.17, 15) is 22.0 Å². The average Bonchev–Trinajstić information content (AvgIpc) is 2.78. The van der Waals surface area contributed by atoms with Crippen LogP contribution in [0.1, 0.15) is 11.1 Å². The van der Waals surface area contributed by atoms with Crippen molar-refractivity contribution in [3.05, 3.63) is 34.0 Å². The third-order valence-electron chi connectivity index (χ3n) is 2.58. The normalized spacial score (nSPS) is 14.8. The zero-order valence-electron chi connectivity index (χ0n) is 9.41. The maximum atomic E-state index is 13.1. The summed E-state index contributed by atoms with van der Waals surface area (Å²) in [5, 5.41) is 16.9. The summed E-state index contributed by atoms with van der Waals surface area (Å²) >= 11 is 0. The van der Waals surface area contributed by atoms with Crippen LogP contribution in [0.2, 0.25) is 0 Å². The number of hydrogen-bond acceptors (Lipinski definition) is 4. The molecule has 9 heteroatoms. The van der Waals surface area contributed by atoms with Crippen molar-refractivity contribution in [3.8, 4) is 12.1 Å². The Balaban J connectivity index is 2.60. The summed E-state index contributed by atoms with van der Waals surface area (Å²) in [5.41, 5.74) is -0.331. The standard InChI is InChI=1S/C11H3F5N4/c12-10(13,11(14,15)16)9-19-7-1-5(3-17)6(4-18)2-8(7)20-9/h1-2,9H. The van der Waals surface area contributed by atoms with Gasteiger partial charge in [0.25, 0.3) is 0 Å². The van der Waals surface area contributed by atoms with Crippen LogP contribution in [0, 0.1) is 22.7 Å². The van der Waals surface area contributed by atoms with Gasteiger partial charge in [-0.1, -0.05) is 0 Å². The summed E-state index contributed by atoms with van der Waals surface area (Å²) < 4.78 is 62.9. The van der Waals surface area contributed by atoms with Crippen LogP contribution in [-0.4, -0.2) is 18.3 Å². The van der Waals surface area contributed by atoms with Crippen molar-refractivity contribution in [3.63, 3.8) is 0 Å². The molecule has 4 nitrogen and oxygen atoms in total. The van der Waals surface area contributed by atoms with E-state index in [0.29, 0.717) is 0 Å². The van der Waals surface area contributed by atoms with Gasteiger partial charge in [-0.3, -0.25) is 0 Å². The fourth-order valence-corrected chi connectivity index (χ4v) is 1.57. The number of nitriles is 2. The van der Waals surface area contributed by atoms with E-state index in [2.05, 4.69) is 9.98 Å². The molecule has 0 atom stereocenters. The molecule has 2 rings (SSSR count). The second-order valence-corrected chi connectivity index (χ2v) is 3.86. The van der Waals surface area contributed by atoms with E-state index < -0.39 is 18.3 Å². The van der Waals surface area contributed by atoms with Gasteiger partial charge in [0.1, 0.15) is 12.1 Å². The highest BCUT2D eigenvalue weighted by Gasteiger charge is 2.63. The molecule has 0 N–H and O–H groups in total. The van der Waals surface area contributed by atoms with Gasteiger partial charge >= 0.3 is 12.1 Å². The minimum atomic E-state index is -5.79. The lowest BCUT2D eigenvalue weighted by Crippen LogP contribution is -2.45. The number of benzene rings is 1. The third kappa shape index (κ3) is 1.97. The zero-order chi connectivity index (χ0) is 15.1. The van der Waals surface area contributed by atoms with Crippen LogP contribution in [0.15, 0.2) is 22.1 Å². The Morgan fingerprint density at radius 1 is 0.900 bits per heavy atom. The molecular weight excluding hydrogens is 283 g/mol. The summed E-state index contributed by atoms with van der Waals surface area (Å²) in [4.78, 5) is 6.35. The smallest absolute Gasteiger partial charge is 0.249 e. The number of hydrogen-bond donors (Lipinski definition) is 0. The molecule has 0 spiro atoms. The molecule has 1 aliphatic rings. The van der Waals surface area contributed by atoms with Gasteiger partial charge in [0.05, 0.1) is 21.8 Å². The Kier molecular flexibility index (Phi) is 2.94. The van der Waals surface area contributed by atoms with Gasteiger partial charge in [-0.2, -0.15) is 32.5 Å². The monoisotopic (exact) mass is 286 g/mol. The minimum Gasteiger partial charge on any atom is -0.249 e. The zero-order valence-corrected chi connectivity index (χ0v) is 9.41. The van der Waals surface area contributed by atoms with Gasteiger partial charge in [-0.05, 0) is 12.1 Å². The highest BCUT2D eigenvalue weighted by Crippen LogP contribution is 2.39. The van der Waals surface area contributed by atoms with E-state index in [0.717, 1.165) is 12.1 Å². The molecule has 0 saturated heterocycles. The maximum Gasteiger partial charge on any atom is 0.457 e. The first kappa shape index (κ1) is 13.9. The SMILES string of the molecule is N#Cc1cc2c(cc1C#N)=NC(C(F)(F)C(F)(F)F)N=2. The highest BCUT2D eigenvalue weighted by atomic mass is 19.4. The van der Waals surface area contributed by atoms with Gasteiger partial charge in [0.2, 0.25) is 6.17 Å². The van der Waals surface area contributed by atoms with Crippen molar-refractivity contribution < 1.29 is 22.0 Å². The molecule has 0 aliphatic carbocycles. The van der Waals surface area contributed by atoms with Gasteiger partial charge in [0, 0.05) is 0 Å². The van der Waals surface area contributed by atoms with Crippen LogP contribution in [0.3, 0.4) is 0 Å². The maximum absolute atomic E-state index is 13.1. The fourth-order valence-electron chi connectivity index (χ4n) is 1.57. The molecule has 1 aliphatic heterocycles. The molecule has 1 aromatic carbocycles. The molecule has 102 valence electrons. The predicted molar refractivity (Wildman–Crippen MR) is 53.0 cm³/mol. The fraction of sp³-hybridized carbons (Fsp3) is 0.273. The predicted octanol–water partition coefficient (Wildman–Crippen LogP) is 1.21. The van der Waals surface area contributed by atoms with Crippen LogP contribution < -0.4 is 10.7 Å². The van der Waals surface area contributed by atoms with Gasteiger partial charge in [-0.25, -0.2) is 9.98 Å². The van der Waals surface area contributed by atoms with E-state index in [1.54, 1.807) is 12.1 Å². The number of halogens is 5. The Hall–Kier alpha value is -2.55. The second kappa shape index (κ2) is 4.23. The first-order valence-electron chi connectivity index (χ1n) is 5.05. The van der Waals surface area contributed by atoms with E-state index in [-0.39, 0.29) is 21.8 Å². The lowest BCUT2D eigenvalue weighted by atomic mass is 10.1. The van der Waals surface area contributed by atoms with Crippen molar-refractivity contribution in [2.45, 2.75) is 18.3 Å². The number of alkyl halides is 5. The van der Waals surface area contributed by atoms with E-state index in [4.69, 9.17) is 10.5 Å². The average molecular weight is 286 g/mol. The third-order valence-corrected chi connectivity index (χ3v) is 2.58. The molecule has 0 unspecified atom stereocenters. The Morgan fingerprint density at radius 3 is 1.60 bits per heavy atom. The lowest BCUT2D eigenvalue weighted by Gasteiger charge is -2.21. The van der Waals surface area contributed by atoms with Crippen molar-refractivity contribution in [2.24, 2.45) is 9.98 Å². The lowest BCUT2D eigenvalue weighted by molar-refractivity contribution is -0.288. The molecule has 20 heavy (non-hydrogen) atoms. The Labute approximate surface area is 108 Å². The molecule has 0 radical (unpaired) electrons. The van der Waals surface area contributed by atoms with Gasteiger partial charge in [0.15, 0.2) is 0 Å². The van der Waals surface area contributed by atoms with E-state index >= 15 is 0 Å². The molecule has 0 fully saturated rings. The quantitative estimate of drug-likeness (QED) is 0.728. The number of rotatable bonds is 1. The van der Waals surface area contributed by atoms with Crippen LogP contribution >= 0.6 is 0 Å². The van der Waals surface area contributed by atoms with Crippen LogP contribution in [0.25, 0.3) is 0 Å². The van der Waals surface area contributed by atoms with Crippen LogP contribution in [-0.2, 0) is 0 Å². The van der Waals surface area contributed by atoms with Crippen molar-refractivity contribution in [1.82, 2.24) is 0 Å². The summed E-state index contributed by atoms with van der Waals surface area (Å²) in [7, 11) is 0. The Bertz CT molecular complexity index is 713. The Morgan fingerprint density at radius 2 is 1.30 bits per heavy atom. The summed E-state index contributed by atoms with van der Waals surface area (Å²) in [6, 6.07) is 5.18. The van der Waals surface area contributed by atoms with E-state index in [1.807, 2.05) is 0 Å². The molecular formula is C11H3F5N4. The minimum absolute atomic E-state index is 0.166. The van der Waals surface area contributed by atoms with Gasteiger partial charge in [-0.15, -0.1) is 0 Å². The topological polar surface area (TPSA) is 72.3 Å². The van der Waals surface area contributed by atoms with Crippen molar-refractivity contribution in [1.29, 1.82) is 10.5 Å². The van der Waals surface area contributed by atoms with Crippen LogP contribution in [0.5, 0.6) is 0 Å². The molecule has 0 bridgehead atoms. The largest absolute Gasteiger partial charge is 0.457 e. The molecule has 1 aromatic rings. The van der Waals surface area contributed by atoms with E-state index in [1.165, 1.54) is 0 Å². The first-order valence-corrected chi connectivity index (χ1v) is 5.05. The second-order valence-electron chi connectivity index (χ2n) is 3.86. The van der Waals surface area contributed by atoms with Crippen molar-refractivity contribution >= 4 is 0 Å². The summed E-state index contributed by atoms with van der Waals surface area (Å²) in [6.45, 7) is 0.